The van der Waals surface area contributed by atoms with Crippen LogP contribution in [-0.2, 0) is 0 Å². The highest BCUT2D eigenvalue weighted by Gasteiger charge is 2.00. The van der Waals surface area contributed by atoms with E-state index in [1.54, 1.807) is 6.07 Å². The van der Waals surface area contributed by atoms with E-state index >= 15 is 0 Å². The summed E-state index contributed by atoms with van der Waals surface area (Å²) in [6.45, 7) is 4.00. The fourth-order valence-corrected chi connectivity index (χ4v) is 1.33. The lowest BCUT2D eigenvalue weighted by atomic mass is 10.2. The van der Waals surface area contributed by atoms with E-state index in [-0.39, 0.29) is 5.63 Å². The lowest BCUT2D eigenvalue weighted by Gasteiger charge is -2.11. The van der Waals surface area contributed by atoms with E-state index in [9.17, 15) is 4.79 Å². The molecule has 0 radical (unpaired) electrons. The predicted molar refractivity (Wildman–Crippen MR) is 76.3 cm³/mol. The third-order valence-electron chi connectivity index (χ3n) is 2.12. The number of rotatable bonds is 1. The number of aliphatic hydroxyl groups is 1. The minimum Gasteiger partial charge on any atom is -0.423 e. The number of nitrogens with zero attached hydrogens (tertiary/aromatic N) is 1. The molecule has 0 spiro atoms. The highest BCUT2D eigenvalue weighted by atomic mass is 16.4. The second-order valence-electron chi connectivity index (χ2n) is 3.37. The molecule has 0 saturated heterocycles. The van der Waals surface area contributed by atoms with Gasteiger partial charge in [-0.05, 0) is 18.2 Å². The van der Waals surface area contributed by atoms with Gasteiger partial charge >= 0.3 is 5.63 Å². The molecule has 0 aliphatic carbocycles. The molecular formula is C14H21NO3. The molecule has 0 aliphatic heterocycles. The van der Waals surface area contributed by atoms with Crippen LogP contribution in [0.2, 0.25) is 0 Å². The molecule has 18 heavy (non-hydrogen) atoms. The summed E-state index contributed by atoms with van der Waals surface area (Å²) in [4.78, 5) is 12.9. The second-order valence-corrected chi connectivity index (χ2v) is 3.37. The summed E-state index contributed by atoms with van der Waals surface area (Å²) in [5, 5.41) is 7.94. The van der Waals surface area contributed by atoms with E-state index in [1.165, 1.54) is 6.07 Å². The van der Waals surface area contributed by atoms with E-state index in [0.29, 0.717) is 5.58 Å². The molecule has 0 atom stereocenters. The van der Waals surface area contributed by atoms with Gasteiger partial charge in [0.15, 0.2) is 0 Å². The van der Waals surface area contributed by atoms with Gasteiger partial charge in [0.2, 0.25) is 0 Å². The van der Waals surface area contributed by atoms with Gasteiger partial charge in [-0.15, -0.1) is 0 Å². The van der Waals surface area contributed by atoms with Gasteiger partial charge in [0, 0.05) is 44.4 Å². The molecule has 2 aromatic rings. The topological polar surface area (TPSA) is 53.7 Å². The Balaban J connectivity index is 0.000000659. The van der Waals surface area contributed by atoms with Gasteiger partial charge in [-0.1, -0.05) is 13.8 Å². The molecule has 1 heterocycles. The lowest BCUT2D eigenvalue weighted by Crippen LogP contribution is -2.08. The minimum absolute atomic E-state index is 0.312. The first kappa shape index (κ1) is 16.2. The molecular weight excluding hydrogens is 230 g/mol. The van der Waals surface area contributed by atoms with Crippen molar-refractivity contribution < 1.29 is 9.52 Å². The maximum atomic E-state index is 11.0. The predicted octanol–water partition coefficient (Wildman–Crippen LogP) is 2.49. The number of anilines is 1. The number of aliphatic hydroxyl groups excluding tert-OH is 1. The highest BCUT2D eigenvalue weighted by Crippen LogP contribution is 2.18. The van der Waals surface area contributed by atoms with Crippen LogP contribution < -0.4 is 10.5 Å². The van der Waals surface area contributed by atoms with Crippen LogP contribution in [0.15, 0.2) is 39.5 Å². The molecule has 0 aliphatic rings. The standard InChI is InChI=1S/C11H11NO2.C2H6.CH4O/c1-12(2)9-5-3-8-4-6-11(13)14-10(8)7-9;2*1-2/h3-7H,1-2H3;1-2H3;2H,1H3. The van der Waals surface area contributed by atoms with Gasteiger partial charge in [0.1, 0.15) is 5.58 Å². The van der Waals surface area contributed by atoms with Crippen LogP contribution >= 0.6 is 0 Å². The first-order chi connectivity index (χ1) is 8.66. The Hall–Kier alpha value is -1.81. The fourth-order valence-electron chi connectivity index (χ4n) is 1.33. The van der Waals surface area contributed by atoms with Gasteiger partial charge in [-0.25, -0.2) is 4.79 Å². The summed E-state index contributed by atoms with van der Waals surface area (Å²) in [7, 11) is 4.89. The van der Waals surface area contributed by atoms with Crippen molar-refractivity contribution in [2.75, 3.05) is 26.1 Å². The molecule has 1 aromatic carbocycles. The van der Waals surface area contributed by atoms with Gasteiger partial charge < -0.3 is 14.4 Å². The minimum atomic E-state index is -0.312. The fraction of sp³-hybridized carbons (Fsp3) is 0.357. The van der Waals surface area contributed by atoms with Crippen molar-refractivity contribution in [2.45, 2.75) is 13.8 Å². The molecule has 1 N–H and O–H groups in total. The third-order valence-corrected chi connectivity index (χ3v) is 2.12. The molecule has 4 nitrogen and oxygen atoms in total. The zero-order chi connectivity index (χ0) is 14.1. The first-order valence-electron chi connectivity index (χ1n) is 5.83. The Labute approximate surface area is 107 Å². The SMILES string of the molecule is CC.CN(C)c1ccc2ccc(=O)oc2c1.CO. The van der Waals surface area contributed by atoms with E-state index in [0.717, 1.165) is 18.2 Å². The smallest absolute Gasteiger partial charge is 0.336 e. The Kier molecular flexibility index (Phi) is 7.47. The van der Waals surface area contributed by atoms with Crippen LogP contribution in [0.3, 0.4) is 0 Å². The average molecular weight is 251 g/mol. The molecule has 1 aromatic heterocycles. The van der Waals surface area contributed by atoms with Crippen molar-refractivity contribution in [1.82, 2.24) is 0 Å². The van der Waals surface area contributed by atoms with E-state index in [4.69, 9.17) is 9.52 Å². The molecule has 0 amide bonds. The molecule has 100 valence electrons. The normalized spacial score (nSPS) is 8.78. The maximum absolute atomic E-state index is 11.0. The monoisotopic (exact) mass is 251 g/mol. The summed E-state index contributed by atoms with van der Waals surface area (Å²) in [6, 6.07) is 8.98. The molecule has 0 fully saturated rings. The maximum Gasteiger partial charge on any atom is 0.336 e. The average Bonchev–Trinajstić information content (AvgIpc) is 2.42. The van der Waals surface area contributed by atoms with Gasteiger partial charge in [0.25, 0.3) is 0 Å². The second kappa shape index (κ2) is 8.31. The Bertz CT molecular complexity index is 518. The Morgan fingerprint density at radius 1 is 1.06 bits per heavy atom. The van der Waals surface area contributed by atoms with Gasteiger partial charge in [0.05, 0.1) is 0 Å². The van der Waals surface area contributed by atoms with Crippen LogP contribution in [0.1, 0.15) is 13.8 Å². The van der Waals surface area contributed by atoms with Crippen LogP contribution in [0.5, 0.6) is 0 Å². The van der Waals surface area contributed by atoms with Crippen LogP contribution in [0.4, 0.5) is 5.69 Å². The van der Waals surface area contributed by atoms with Crippen LogP contribution in [0, 0.1) is 0 Å². The Morgan fingerprint density at radius 2 is 1.61 bits per heavy atom. The summed E-state index contributed by atoms with van der Waals surface area (Å²) in [5.41, 5.74) is 1.34. The van der Waals surface area contributed by atoms with Gasteiger partial charge in [-0.3, -0.25) is 0 Å². The van der Waals surface area contributed by atoms with E-state index in [2.05, 4.69) is 0 Å². The molecule has 0 bridgehead atoms. The number of hydrogen-bond acceptors (Lipinski definition) is 4. The summed E-state index contributed by atoms with van der Waals surface area (Å²) < 4.78 is 5.07. The van der Waals surface area contributed by atoms with Gasteiger partial charge in [-0.2, -0.15) is 0 Å². The van der Waals surface area contributed by atoms with Crippen molar-refractivity contribution in [3.8, 4) is 0 Å². The van der Waals surface area contributed by atoms with Crippen molar-refractivity contribution in [3.05, 3.63) is 40.8 Å². The molecule has 0 unspecified atom stereocenters. The Morgan fingerprint density at radius 3 is 2.17 bits per heavy atom. The zero-order valence-electron chi connectivity index (χ0n) is 11.6. The summed E-state index contributed by atoms with van der Waals surface area (Å²) >= 11 is 0. The van der Waals surface area contributed by atoms with Crippen molar-refractivity contribution in [2.24, 2.45) is 0 Å². The summed E-state index contributed by atoms with van der Waals surface area (Å²) in [6.07, 6.45) is 0. The lowest BCUT2D eigenvalue weighted by molar-refractivity contribution is 0.399. The largest absolute Gasteiger partial charge is 0.423 e. The quantitative estimate of drug-likeness (QED) is 0.791. The molecule has 0 saturated carbocycles. The van der Waals surface area contributed by atoms with Crippen molar-refractivity contribution in [3.63, 3.8) is 0 Å². The number of hydrogen-bond donors (Lipinski definition) is 1. The van der Waals surface area contributed by atoms with E-state index < -0.39 is 0 Å². The number of fused-ring (bicyclic) bond motifs is 1. The highest BCUT2D eigenvalue weighted by molar-refractivity contribution is 5.80. The van der Waals surface area contributed by atoms with Crippen molar-refractivity contribution in [1.29, 1.82) is 0 Å². The van der Waals surface area contributed by atoms with Crippen LogP contribution in [0.25, 0.3) is 11.0 Å². The van der Waals surface area contributed by atoms with E-state index in [1.807, 2.05) is 51.0 Å². The van der Waals surface area contributed by atoms with Crippen LogP contribution in [-0.4, -0.2) is 26.3 Å². The molecule has 4 heteroatoms. The zero-order valence-corrected chi connectivity index (χ0v) is 11.6. The van der Waals surface area contributed by atoms with Crippen molar-refractivity contribution >= 4 is 16.7 Å². The first-order valence-corrected chi connectivity index (χ1v) is 5.83. The molecule has 2 rings (SSSR count). The number of benzene rings is 1. The third kappa shape index (κ3) is 4.22. The summed E-state index contributed by atoms with van der Waals surface area (Å²) in [5.74, 6) is 0.